The van der Waals surface area contributed by atoms with Crippen molar-refractivity contribution in [2.45, 2.75) is 19.9 Å². The van der Waals surface area contributed by atoms with Gasteiger partial charge in [0, 0.05) is 18.0 Å². The molecule has 2 amide bonds. The van der Waals surface area contributed by atoms with Crippen LogP contribution in [-0.4, -0.2) is 35.1 Å². The summed E-state index contributed by atoms with van der Waals surface area (Å²) in [5.41, 5.74) is -0.830. The molecule has 1 saturated heterocycles. The van der Waals surface area contributed by atoms with E-state index < -0.39 is 11.4 Å². The number of nitrogens with zero attached hydrogens (tertiary/aromatic N) is 1. The molecule has 0 aromatic carbocycles. The van der Waals surface area contributed by atoms with Crippen molar-refractivity contribution in [2.24, 2.45) is 5.41 Å². The molecule has 0 saturated carbocycles. The summed E-state index contributed by atoms with van der Waals surface area (Å²) in [5, 5.41) is 11.9. The van der Waals surface area contributed by atoms with Crippen LogP contribution in [0.5, 0.6) is 0 Å². The van der Waals surface area contributed by atoms with Crippen molar-refractivity contribution in [3.63, 3.8) is 0 Å². The van der Waals surface area contributed by atoms with E-state index in [1.54, 1.807) is 17.9 Å². The van der Waals surface area contributed by atoms with Gasteiger partial charge < -0.3 is 15.3 Å². The average molecular weight is 303 g/mol. The molecule has 1 aromatic rings. The van der Waals surface area contributed by atoms with Gasteiger partial charge in [0.05, 0.1) is 16.3 Å². The molecule has 104 valence electrons. The molecule has 0 bridgehead atoms. The van der Waals surface area contributed by atoms with Gasteiger partial charge in [-0.25, -0.2) is 4.79 Å². The number of carbonyl (C=O) groups excluding carboxylic acids is 1. The number of nitrogens with one attached hydrogen (secondary N) is 1. The van der Waals surface area contributed by atoms with Crippen LogP contribution in [0.2, 0.25) is 4.34 Å². The third kappa shape index (κ3) is 3.19. The van der Waals surface area contributed by atoms with E-state index in [-0.39, 0.29) is 12.6 Å². The summed E-state index contributed by atoms with van der Waals surface area (Å²) < 4.78 is 0.684. The Kier molecular flexibility index (Phi) is 4.01. The summed E-state index contributed by atoms with van der Waals surface area (Å²) in [5.74, 6) is -0.854. The number of carboxylic acids is 1. The van der Waals surface area contributed by atoms with Gasteiger partial charge in [0.25, 0.3) is 0 Å². The third-order valence-corrected chi connectivity index (χ3v) is 4.55. The maximum atomic E-state index is 11.9. The lowest BCUT2D eigenvalue weighted by molar-refractivity contribution is -0.146. The highest BCUT2D eigenvalue weighted by molar-refractivity contribution is 7.16. The summed E-state index contributed by atoms with van der Waals surface area (Å²) in [7, 11) is 0. The van der Waals surface area contributed by atoms with Crippen molar-refractivity contribution >= 4 is 34.9 Å². The molecule has 0 spiro atoms. The lowest BCUT2D eigenvalue weighted by atomic mass is 9.90. The number of thiophene rings is 1. The zero-order valence-corrected chi connectivity index (χ0v) is 12.1. The lowest BCUT2D eigenvalue weighted by Gasteiger charge is -2.20. The fraction of sp³-hybridized carbons (Fsp3) is 0.500. The van der Waals surface area contributed by atoms with Gasteiger partial charge in [-0.15, -0.1) is 11.3 Å². The summed E-state index contributed by atoms with van der Waals surface area (Å²) in [4.78, 5) is 25.5. The number of halogens is 1. The number of hydrogen-bond donors (Lipinski definition) is 2. The summed E-state index contributed by atoms with van der Waals surface area (Å²) in [6.07, 6.45) is 0.487. The third-order valence-electron chi connectivity index (χ3n) is 3.32. The Morgan fingerprint density at radius 3 is 2.84 bits per heavy atom. The first-order valence-electron chi connectivity index (χ1n) is 5.91. The topological polar surface area (TPSA) is 69.6 Å². The van der Waals surface area contributed by atoms with Crippen LogP contribution in [0.15, 0.2) is 12.1 Å². The molecule has 19 heavy (non-hydrogen) atoms. The molecule has 0 aliphatic carbocycles. The number of rotatable bonds is 3. The predicted octanol–water partition coefficient (Wildman–Crippen LogP) is 2.41. The average Bonchev–Trinajstić information content (AvgIpc) is 2.94. The molecule has 1 unspecified atom stereocenters. The van der Waals surface area contributed by atoms with Gasteiger partial charge in [-0.2, -0.15) is 0 Å². The van der Waals surface area contributed by atoms with Crippen molar-refractivity contribution in [2.75, 3.05) is 13.1 Å². The second kappa shape index (κ2) is 5.38. The minimum Gasteiger partial charge on any atom is -0.481 e. The summed E-state index contributed by atoms with van der Waals surface area (Å²) in [6.45, 7) is 2.80. The molecule has 2 N–H and O–H groups in total. The number of aliphatic carboxylic acids is 1. The van der Waals surface area contributed by atoms with Crippen LogP contribution in [0.3, 0.4) is 0 Å². The van der Waals surface area contributed by atoms with Crippen molar-refractivity contribution in [3.8, 4) is 0 Å². The fourth-order valence-electron chi connectivity index (χ4n) is 2.03. The van der Waals surface area contributed by atoms with Crippen LogP contribution in [-0.2, 0) is 11.3 Å². The van der Waals surface area contributed by atoms with Gasteiger partial charge >= 0.3 is 12.0 Å². The first kappa shape index (κ1) is 14.1. The van der Waals surface area contributed by atoms with Crippen LogP contribution < -0.4 is 5.32 Å². The molecule has 7 heteroatoms. The monoisotopic (exact) mass is 302 g/mol. The molecule has 1 aromatic heterocycles. The van der Waals surface area contributed by atoms with Gasteiger partial charge in [-0.05, 0) is 25.5 Å². The van der Waals surface area contributed by atoms with Crippen molar-refractivity contribution in [1.29, 1.82) is 0 Å². The van der Waals surface area contributed by atoms with Gasteiger partial charge in [0.2, 0.25) is 0 Å². The highest BCUT2D eigenvalue weighted by Crippen LogP contribution is 2.30. The Hall–Kier alpha value is -1.27. The van der Waals surface area contributed by atoms with E-state index in [0.29, 0.717) is 23.8 Å². The Bertz CT molecular complexity index is 505. The van der Waals surface area contributed by atoms with Gasteiger partial charge in [-0.3, -0.25) is 4.79 Å². The predicted molar refractivity (Wildman–Crippen MR) is 73.5 cm³/mol. The van der Waals surface area contributed by atoms with Crippen LogP contribution >= 0.6 is 22.9 Å². The highest BCUT2D eigenvalue weighted by Gasteiger charge is 2.42. The molecule has 0 radical (unpaired) electrons. The van der Waals surface area contributed by atoms with E-state index in [2.05, 4.69) is 5.32 Å². The van der Waals surface area contributed by atoms with Crippen molar-refractivity contribution in [3.05, 3.63) is 21.3 Å². The van der Waals surface area contributed by atoms with Crippen LogP contribution in [0.4, 0.5) is 4.79 Å². The Morgan fingerprint density at radius 2 is 2.32 bits per heavy atom. The van der Waals surface area contributed by atoms with E-state index in [1.165, 1.54) is 11.3 Å². The first-order valence-corrected chi connectivity index (χ1v) is 7.10. The van der Waals surface area contributed by atoms with Crippen LogP contribution in [0, 0.1) is 5.41 Å². The Balaban J connectivity index is 1.86. The summed E-state index contributed by atoms with van der Waals surface area (Å²) in [6, 6.07) is 3.42. The number of likely N-dealkylation sites (tertiary alicyclic amines) is 1. The number of amides is 2. The zero-order chi connectivity index (χ0) is 14.0. The van der Waals surface area contributed by atoms with E-state index in [9.17, 15) is 9.59 Å². The SMILES string of the molecule is CC1(C(=O)O)CCN(C(=O)NCc2ccc(Cl)s2)C1. The first-order chi connectivity index (χ1) is 8.90. The van der Waals surface area contributed by atoms with E-state index >= 15 is 0 Å². The molecule has 5 nitrogen and oxygen atoms in total. The van der Waals surface area contributed by atoms with Crippen molar-refractivity contribution < 1.29 is 14.7 Å². The van der Waals surface area contributed by atoms with Crippen molar-refractivity contribution in [1.82, 2.24) is 10.2 Å². The maximum Gasteiger partial charge on any atom is 0.317 e. The standard InChI is InChI=1S/C12H15ClN2O3S/c1-12(10(16)17)4-5-15(7-12)11(18)14-6-8-2-3-9(13)19-8/h2-3H,4-7H2,1H3,(H,14,18)(H,16,17). The molecular formula is C12H15ClN2O3S. The molecule has 1 aliphatic heterocycles. The minimum atomic E-state index is -0.854. The number of carboxylic acid groups (broad SMARTS) is 1. The van der Waals surface area contributed by atoms with Gasteiger partial charge in [-0.1, -0.05) is 11.6 Å². The molecule has 2 heterocycles. The number of hydrogen-bond acceptors (Lipinski definition) is 3. The quantitative estimate of drug-likeness (QED) is 0.901. The van der Waals surface area contributed by atoms with Gasteiger partial charge in [0.1, 0.15) is 0 Å². The minimum absolute atomic E-state index is 0.227. The number of urea groups is 1. The maximum absolute atomic E-state index is 11.9. The molecular weight excluding hydrogens is 288 g/mol. The number of carbonyl (C=O) groups is 2. The van der Waals surface area contributed by atoms with E-state index in [4.69, 9.17) is 16.7 Å². The zero-order valence-electron chi connectivity index (χ0n) is 10.5. The second-order valence-electron chi connectivity index (χ2n) is 4.90. The lowest BCUT2D eigenvalue weighted by Crippen LogP contribution is -2.40. The smallest absolute Gasteiger partial charge is 0.317 e. The molecule has 2 rings (SSSR count). The Labute approximate surface area is 120 Å². The molecule has 1 aliphatic rings. The van der Waals surface area contributed by atoms with Crippen LogP contribution in [0.25, 0.3) is 0 Å². The summed E-state index contributed by atoms with van der Waals surface area (Å²) >= 11 is 7.22. The van der Waals surface area contributed by atoms with Gasteiger partial charge in [0.15, 0.2) is 0 Å². The second-order valence-corrected chi connectivity index (χ2v) is 6.70. The van der Waals surface area contributed by atoms with Crippen LogP contribution in [0.1, 0.15) is 18.2 Å². The fourth-order valence-corrected chi connectivity index (χ4v) is 3.06. The molecule has 1 fully saturated rings. The normalized spacial score (nSPS) is 22.5. The Morgan fingerprint density at radius 1 is 1.58 bits per heavy atom. The highest BCUT2D eigenvalue weighted by atomic mass is 35.5. The molecule has 1 atom stereocenters. The van der Waals surface area contributed by atoms with E-state index in [0.717, 1.165) is 4.88 Å². The largest absolute Gasteiger partial charge is 0.481 e. The van der Waals surface area contributed by atoms with E-state index in [1.807, 2.05) is 6.07 Å².